The number of aromatic nitrogens is 2. The lowest BCUT2D eigenvalue weighted by Crippen LogP contribution is -2.60. The van der Waals surface area contributed by atoms with Crippen molar-refractivity contribution in [3.05, 3.63) is 90.3 Å². The Hall–Kier alpha value is -3.29. The van der Waals surface area contributed by atoms with Crippen molar-refractivity contribution in [2.45, 2.75) is 24.5 Å². The molecule has 2 atom stereocenters. The monoisotopic (exact) mass is 457 g/mol. The van der Waals surface area contributed by atoms with Gasteiger partial charge in [0.05, 0.1) is 18.1 Å². The van der Waals surface area contributed by atoms with Crippen molar-refractivity contribution in [1.29, 1.82) is 0 Å². The molecule has 2 aliphatic rings. The topological polar surface area (TPSA) is 72.8 Å². The van der Waals surface area contributed by atoms with Gasteiger partial charge in [-0.05, 0) is 23.6 Å². The van der Waals surface area contributed by atoms with Crippen LogP contribution in [0.4, 0.5) is 5.95 Å². The minimum atomic E-state index is -0.353. The van der Waals surface area contributed by atoms with Crippen molar-refractivity contribution >= 4 is 11.9 Å². The second-order valence-corrected chi connectivity index (χ2v) is 9.14. The molecule has 5 rings (SSSR count). The Morgan fingerprint density at radius 3 is 2.12 bits per heavy atom. The molecule has 0 bridgehead atoms. The van der Waals surface area contributed by atoms with Gasteiger partial charge in [-0.3, -0.25) is 9.69 Å². The van der Waals surface area contributed by atoms with Gasteiger partial charge in [0.25, 0.3) is 0 Å². The van der Waals surface area contributed by atoms with Crippen molar-refractivity contribution in [1.82, 2.24) is 19.8 Å². The summed E-state index contributed by atoms with van der Waals surface area (Å²) in [7, 11) is 0. The molecule has 7 nitrogen and oxygen atoms in total. The molecule has 34 heavy (non-hydrogen) atoms. The molecule has 1 N–H and O–H groups in total. The summed E-state index contributed by atoms with van der Waals surface area (Å²) in [5.41, 5.74) is 2.01. The largest absolute Gasteiger partial charge is 0.392 e. The van der Waals surface area contributed by atoms with Crippen LogP contribution in [0.5, 0.6) is 0 Å². The second-order valence-electron chi connectivity index (χ2n) is 9.14. The summed E-state index contributed by atoms with van der Waals surface area (Å²) >= 11 is 0. The third-order valence-corrected chi connectivity index (χ3v) is 6.83. The molecule has 176 valence electrons. The van der Waals surface area contributed by atoms with Crippen molar-refractivity contribution in [2.75, 3.05) is 44.2 Å². The Balaban J connectivity index is 1.44. The number of hydrogen-bond donors (Lipinski definition) is 1. The summed E-state index contributed by atoms with van der Waals surface area (Å²) in [5, 5.41) is 10.1. The molecule has 0 saturated carbocycles. The molecular formula is C27H31N5O2. The third kappa shape index (κ3) is 4.95. The number of anilines is 1. The fourth-order valence-corrected chi connectivity index (χ4v) is 5.15. The average molecular weight is 458 g/mol. The van der Waals surface area contributed by atoms with E-state index >= 15 is 0 Å². The van der Waals surface area contributed by atoms with E-state index in [0.717, 1.165) is 30.6 Å². The first-order valence-electron chi connectivity index (χ1n) is 12.0. The Morgan fingerprint density at radius 2 is 1.53 bits per heavy atom. The number of aliphatic hydroxyl groups excluding tert-OH is 1. The maximum Gasteiger partial charge on any atom is 0.234 e. The average Bonchev–Trinajstić information content (AvgIpc) is 3.30. The number of benzene rings is 2. The number of carbonyl (C=O) groups is 1. The molecule has 1 aromatic heterocycles. The van der Waals surface area contributed by atoms with E-state index in [1.807, 2.05) is 66.7 Å². The number of carbonyl (C=O) groups excluding carboxylic acids is 1. The Bertz CT molecular complexity index is 1030. The summed E-state index contributed by atoms with van der Waals surface area (Å²) in [5.74, 6) is 0.466. The van der Waals surface area contributed by atoms with Crippen LogP contribution in [0.15, 0.2) is 79.1 Å². The molecule has 2 saturated heterocycles. The summed E-state index contributed by atoms with van der Waals surface area (Å²) in [6.45, 7) is 4.18. The molecule has 0 spiro atoms. The first-order valence-corrected chi connectivity index (χ1v) is 12.0. The molecular weight excluding hydrogens is 426 g/mol. The molecule has 2 fully saturated rings. The first kappa shape index (κ1) is 22.5. The maximum absolute atomic E-state index is 14.2. The van der Waals surface area contributed by atoms with E-state index in [4.69, 9.17) is 0 Å². The second kappa shape index (κ2) is 10.3. The fraction of sp³-hybridized carbons (Fsp3) is 0.370. The van der Waals surface area contributed by atoms with E-state index in [1.165, 1.54) is 0 Å². The number of hydrogen-bond acceptors (Lipinski definition) is 6. The fourth-order valence-electron chi connectivity index (χ4n) is 5.15. The molecule has 1 amide bonds. The van der Waals surface area contributed by atoms with E-state index in [0.29, 0.717) is 32.1 Å². The van der Waals surface area contributed by atoms with E-state index < -0.39 is 0 Å². The molecule has 2 aromatic carbocycles. The summed E-state index contributed by atoms with van der Waals surface area (Å²) in [6.07, 6.45) is 4.00. The number of β-amino-alcohol motifs (C(OH)–C–C–N with tert-alkyl or cyclic N) is 1. The van der Waals surface area contributed by atoms with Gasteiger partial charge >= 0.3 is 0 Å². The van der Waals surface area contributed by atoms with Gasteiger partial charge in [0.2, 0.25) is 11.9 Å². The lowest BCUT2D eigenvalue weighted by atomic mass is 9.89. The summed E-state index contributed by atoms with van der Waals surface area (Å²) in [6, 6.07) is 21.9. The Morgan fingerprint density at radius 1 is 0.882 bits per heavy atom. The quantitative estimate of drug-likeness (QED) is 0.613. The SMILES string of the molecule is O=C(C(c1ccccc1)c1ccccc1)N1CCN(c2ncccn2)CC1CN1CC[C@H](O)C1. The van der Waals surface area contributed by atoms with Crippen molar-refractivity contribution in [3.63, 3.8) is 0 Å². The van der Waals surface area contributed by atoms with Gasteiger partial charge in [-0.15, -0.1) is 0 Å². The molecule has 3 heterocycles. The Labute approximate surface area is 200 Å². The first-order chi connectivity index (χ1) is 16.7. The highest BCUT2D eigenvalue weighted by Crippen LogP contribution is 2.29. The smallest absolute Gasteiger partial charge is 0.234 e. The van der Waals surface area contributed by atoms with Crippen LogP contribution in [0, 0.1) is 0 Å². The van der Waals surface area contributed by atoms with Crippen LogP contribution in [-0.2, 0) is 4.79 Å². The minimum absolute atomic E-state index is 0.0229. The van der Waals surface area contributed by atoms with Crippen LogP contribution < -0.4 is 4.90 Å². The van der Waals surface area contributed by atoms with Crippen molar-refractivity contribution in [2.24, 2.45) is 0 Å². The van der Waals surface area contributed by atoms with Gasteiger partial charge in [-0.1, -0.05) is 60.7 Å². The highest BCUT2D eigenvalue weighted by Gasteiger charge is 2.37. The summed E-state index contributed by atoms with van der Waals surface area (Å²) < 4.78 is 0. The predicted octanol–water partition coefficient (Wildman–Crippen LogP) is 2.39. The molecule has 2 aliphatic heterocycles. The van der Waals surface area contributed by atoms with E-state index in [-0.39, 0.29) is 24.0 Å². The lowest BCUT2D eigenvalue weighted by molar-refractivity contribution is -0.135. The van der Waals surface area contributed by atoms with Gasteiger partial charge in [-0.25, -0.2) is 9.97 Å². The van der Waals surface area contributed by atoms with Crippen LogP contribution in [0.3, 0.4) is 0 Å². The standard InChI is InChI=1S/C27H31N5O2/c33-24-12-15-30(20-24)18-23-19-31(27-28-13-7-14-29-27)16-17-32(23)26(34)25(21-8-3-1-4-9-21)22-10-5-2-6-11-22/h1-11,13-14,23-25,33H,12,15-20H2/t23?,24-/m0/s1. The van der Waals surface area contributed by atoms with Crippen LogP contribution in [0.1, 0.15) is 23.5 Å². The zero-order valence-electron chi connectivity index (χ0n) is 19.3. The van der Waals surface area contributed by atoms with Crippen molar-refractivity contribution < 1.29 is 9.90 Å². The van der Waals surface area contributed by atoms with Crippen LogP contribution in [0.2, 0.25) is 0 Å². The van der Waals surface area contributed by atoms with E-state index in [1.54, 1.807) is 12.4 Å². The highest BCUT2D eigenvalue weighted by atomic mass is 16.3. The van der Waals surface area contributed by atoms with Crippen molar-refractivity contribution in [3.8, 4) is 0 Å². The number of nitrogens with zero attached hydrogens (tertiary/aromatic N) is 5. The zero-order chi connectivity index (χ0) is 23.3. The number of likely N-dealkylation sites (tertiary alicyclic amines) is 1. The predicted molar refractivity (Wildman–Crippen MR) is 132 cm³/mol. The third-order valence-electron chi connectivity index (χ3n) is 6.83. The molecule has 0 radical (unpaired) electrons. The van der Waals surface area contributed by atoms with E-state index in [9.17, 15) is 9.90 Å². The minimum Gasteiger partial charge on any atom is -0.392 e. The van der Waals surface area contributed by atoms with Crippen LogP contribution in [-0.4, -0.2) is 82.2 Å². The maximum atomic E-state index is 14.2. The molecule has 7 heteroatoms. The van der Waals surface area contributed by atoms with Crippen LogP contribution in [0.25, 0.3) is 0 Å². The lowest BCUT2D eigenvalue weighted by Gasteiger charge is -2.44. The molecule has 0 aliphatic carbocycles. The normalized spacial score (nSPS) is 21.2. The highest BCUT2D eigenvalue weighted by molar-refractivity contribution is 5.87. The van der Waals surface area contributed by atoms with Gasteiger partial charge in [0.1, 0.15) is 0 Å². The molecule has 3 aromatic rings. The molecule has 1 unspecified atom stereocenters. The number of amides is 1. The number of aliphatic hydroxyl groups is 1. The number of piperazine rings is 1. The summed E-state index contributed by atoms with van der Waals surface area (Å²) in [4.78, 5) is 29.6. The van der Waals surface area contributed by atoms with E-state index in [2.05, 4.69) is 24.7 Å². The van der Waals surface area contributed by atoms with Gasteiger partial charge in [0.15, 0.2) is 0 Å². The Kier molecular flexibility index (Phi) is 6.83. The van der Waals surface area contributed by atoms with Crippen LogP contribution >= 0.6 is 0 Å². The zero-order valence-corrected chi connectivity index (χ0v) is 19.3. The van der Waals surface area contributed by atoms with Gasteiger partial charge in [0, 0.05) is 51.7 Å². The number of rotatable bonds is 6. The van der Waals surface area contributed by atoms with Gasteiger partial charge in [-0.2, -0.15) is 0 Å². The van der Waals surface area contributed by atoms with Gasteiger partial charge < -0.3 is 14.9 Å².